The molecule has 3 fully saturated rings. The first-order chi connectivity index (χ1) is 7.28. The van der Waals surface area contributed by atoms with E-state index in [0.717, 1.165) is 50.9 Å². The molecule has 3 nitrogen and oxygen atoms in total. The SMILES string of the molecule is OC1(C2CCCNC2)CC2CNCC2C1. The Kier molecular flexibility index (Phi) is 2.49. The Morgan fingerprint density at radius 1 is 1.00 bits per heavy atom. The summed E-state index contributed by atoms with van der Waals surface area (Å²) < 4.78 is 0. The van der Waals surface area contributed by atoms with E-state index in [-0.39, 0.29) is 5.60 Å². The minimum atomic E-state index is -0.342. The van der Waals surface area contributed by atoms with Crippen molar-refractivity contribution in [2.75, 3.05) is 26.2 Å². The third kappa shape index (κ3) is 1.71. The Balaban J connectivity index is 1.69. The molecule has 0 bridgehead atoms. The van der Waals surface area contributed by atoms with Gasteiger partial charge in [0.05, 0.1) is 5.60 Å². The van der Waals surface area contributed by atoms with Crippen LogP contribution < -0.4 is 10.6 Å². The van der Waals surface area contributed by atoms with Gasteiger partial charge >= 0.3 is 0 Å². The van der Waals surface area contributed by atoms with E-state index in [1.54, 1.807) is 0 Å². The van der Waals surface area contributed by atoms with Crippen LogP contribution in [0.2, 0.25) is 0 Å². The van der Waals surface area contributed by atoms with Gasteiger partial charge in [-0.15, -0.1) is 0 Å². The molecule has 15 heavy (non-hydrogen) atoms. The van der Waals surface area contributed by atoms with Gasteiger partial charge in [0.15, 0.2) is 0 Å². The van der Waals surface area contributed by atoms with E-state index in [4.69, 9.17) is 0 Å². The molecule has 2 saturated heterocycles. The van der Waals surface area contributed by atoms with E-state index in [2.05, 4.69) is 10.6 Å². The van der Waals surface area contributed by atoms with E-state index in [9.17, 15) is 5.11 Å². The Morgan fingerprint density at radius 2 is 1.73 bits per heavy atom. The van der Waals surface area contributed by atoms with Crippen molar-refractivity contribution < 1.29 is 5.11 Å². The van der Waals surface area contributed by atoms with Crippen molar-refractivity contribution in [1.82, 2.24) is 10.6 Å². The molecule has 0 aromatic carbocycles. The van der Waals surface area contributed by atoms with Crippen molar-refractivity contribution in [2.45, 2.75) is 31.3 Å². The van der Waals surface area contributed by atoms with Gasteiger partial charge in [0.1, 0.15) is 0 Å². The third-order valence-electron chi connectivity index (χ3n) is 4.77. The monoisotopic (exact) mass is 210 g/mol. The molecule has 86 valence electrons. The molecule has 0 aromatic rings. The highest BCUT2D eigenvalue weighted by atomic mass is 16.3. The Bertz CT molecular complexity index is 226. The van der Waals surface area contributed by atoms with Gasteiger partial charge in [0.25, 0.3) is 0 Å². The maximum atomic E-state index is 10.8. The Morgan fingerprint density at radius 3 is 2.33 bits per heavy atom. The van der Waals surface area contributed by atoms with Gasteiger partial charge in [-0.05, 0) is 57.2 Å². The summed E-state index contributed by atoms with van der Waals surface area (Å²) in [4.78, 5) is 0. The topological polar surface area (TPSA) is 44.3 Å². The molecule has 3 atom stereocenters. The number of nitrogens with one attached hydrogen (secondary N) is 2. The summed E-state index contributed by atoms with van der Waals surface area (Å²) >= 11 is 0. The molecular weight excluding hydrogens is 188 g/mol. The normalized spacial score (nSPS) is 50.6. The molecule has 0 radical (unpaired) electrons. The van der Waals surface area contributed by atoms with Crippen LogP contribution in [0.15, 0.2) is 0 Å². The molecule has 3 N–H and O–H groups in total. The summed E-state index contributed by atoms with van der Waals surface area (Å²) in [6, 6.07) is 0. The highest BCUT2D eigenvalue weighted by Crippen LogP contribution is 2.46. The molecule has 0 amide bonds. The number of aliphatic hydroxyl groups is 1. The zero-order valence-corrected chi connectivity index (χ0v) is 9.34. The van der Waals surface area contributed by atoms with E-state index in [1.165, 1.54) is 12.8 Å². The third-order valence-corrected chi connectivity index (χ3v) is 4.77. The smallest absolute Gasteiger partial charge is 0.0694 e. The Hall–Kier alpha value is -0.120. The Labute approximate surface area is 91.6 Å². The van der Waals surface area contributed by atoms with E-state index in [1.807, 2.05) is 0 Å². The van der Waals surface area contributed by atoms with Gasteiger partial charge in [-0.1, -0.05) is 0 Å². The zero-order chi connectivity index (χ0) is 10.3. The second-order valence-electron chi connectivity index (χ2n) is 5.73. The summed E-state index contributed by atoms with van der Waals surface area (Å²) in [7, 11) is 0. The fourth-order valence-corrected chi connectivity index (χ4v) is 3.90. The first-order valence-electron chi connectivity index (χ1n) is 6.42. The summed E-state index contributed by atoms with van der Waals surface area (Å²) in [5, 5.41) is 17.6. The lowest BCUT2D eigenvalue weighted by molar-refractivity contribution is -0.0277. The fraction of sp³-hybridized carbons (Fsp3) is 1.00. The molecule has 1 saturated carbocycles. The van der Waals surface area contributed by atoms with E-state index in [0.29, 0.717) is 5.92 Å². The molecule has 0 spiro atoms. The van der Waals surface area contributed by atoms with E-state index >= 15 is 0 Å². The van der Waals surface area contributed by atoms with Gasteiger partial charge in [-0.3, -0.25) is 0 Å². The standard InChI is InChI=1S/C12H22N2O/c15-12(11-2-1-3-13-8-11)4-9-6-14-7-10(9)5-12/h9-11,13-15H,1-8H2. The van der Waals surface area contributed by atoms with Crippen LogP contribution in [0.1, 0.15) is 25.7 Å². The molecule has 3 unspecified atom stereocenters. The van der Waals surface area contributed by atoms with Crippen molar-refractivity contribution in [3.8, 4) is 0 Å². The predicted molar refractivity (Wildman–Crippen MR) is 59.6 cm³/mol. The molecule has 3 aliphatic rings. The predicted octanol–water partition coefficient (Wildman–Crippen LogP) is 0.346. The number of rotatable bonds is 1. The summed E-state index contributed by atoms with van der Waals surface area (Å²) in [6.45, 7) is 4.44. The van der Waals surface area contributed by atoms with Crippen LogP contribution in [-0.4, -0.2) is 36.9 Å². The van der Waals surface area contributed by atoms with Crippen molar-refractivity contribution in [1.29, 1.82) is 0 Å². The van der Waals surface area contributed by atoms with Gasteiger partial charge < -0.3 is 15.7 Å². The van der Waals surface area contributed by atoms with Crippen LogP contribution in [0.5, 0.6) is 0 Å². The molecule has 2 aliphatic heterocycles. The highest BCUT2D eigenvalue weighted by Gasteiger charge is 2.49. The largest absolute Gasteiger partial charge is 0.390 e. The minimum absolute atomic E-state index is 0.342. The maximum absolute atomic E-state index is 10.8. The average Bonchev–Trinajstić information content (AvgIpc) is 2.78. The fourth-order valence-electron chi connectivity index (χ4n) is 3.90. The molecular formula is C12H22N2O. The van der Waals surface area contributed by atoms with Crippen LogP contribution >= 0.6 is 0 Å². The number of piperidine rings is 1. The first kappa shape index (κ1) is 10.1. The summed E-state index contributed by atoms with van der Waals surface area (Å²) in [5.74, 6) is 2.01. The average molecular weight is 210 g/mol. The maximum Gasteiger partial charge on any atom is 0.0694 e. The lowest BCUT2D eigenvalue weighted by atomic mass is 9.80. The molecule has 2 heterocycles. The zero-order valence-electron chi connectivity index (χ0n) is 9.34. The van der Waals surface area contributed by atoms with Gasteiger partial charge in [-0.25, -0.2) is 0 Å². The molecule has 0 aromatic heterocycles. The second kappa shape index (κ2) is 3.72. The lowest BCUT2D eigenvalue weighted by Crippen LogP contribution is -2.45. The molecule has 3 heteroatoms. The van der Waals surface area contributed by atoms with Gasteiger partial charge in [0, 0.05) is 12.5 Å². The van der Waals surface area contributed by atoms with Crippen LogP contribution in [-0.2, 0) is 0 Å². The van der Waals surface area contributed by atoms with Crippen LogP contribution in [0.25, 0.3) is 0 Å². The van der Waals surface area contributed by atoms with Crippen molar-refractivity contribution in [2.24, 2.45) is 17.8 Å². The van der Waals surface area contributed by atoms with Crippen LogP contribution in [0, 0.1) is 17.8 Å². The first-order valence-corrected chi connectivity index (χ1v) is 6.42. The molecule has 1 aliphatic carbocycles. The minimum Gasteiger partial charge on any atom is -0.390 e. The summed E-state index contributed by atoms with van der Waals surface area (Å²) in [6.07, 6.45) is 4.53. The van der Waals surface area contributed by atoms with Crippen LogP contribution in [0.3, 0.4) is 0 Å². The number of hydrogen-bond acceptors (Lipinski definition) is 3. The van der Waals surface area contributed by atoms with Gasteiger partial charge in [0.2, 0.25) is 0 Å². The van der Waals surface area contributed by atoms with E-state index < -0.39 is 0 Å². The summed E-state index contributed by atoms with van der Waals surface area (Å²) in [5.41, 5.74) is -0.342. The van der Waals surface area contributed by atoms with Crippen molar-refractivity contribution in [3.05, 3.63) is 0 Å². The number of fused-ring (bicyclic) bond motifs is 1. The van der Waals surface area contributed by atoms with Crippen molar-refractivity contribution >= 4 is 0 Å². The second-order valence-corrected chi connectivity index (χ2v) is 5.73. The molecule has 3 rings (SSSR count). The van der Waals surface area contributed by atoms with Gasteiger partial charge in [-0.2, -0.15) is 0 Å². The number of hydrogen-bond donors (Lipinski definition) is 3. The van der Waals surface area contributed by atoms with Crippen LogP contribution in [0.4, 0.5) is 0 Å². The quantitative estimate of drug-likeness (QED) is 0.585. The highest BCUT2D eigenvalue weighted by molar-refractivity contribution is 5.03. The van der Waals surface area contributed by atoms with Crippen molar-refractivity contribution in [3.63, 3.8) is 0 Å². The lowest BCUT2D eigenvalue weighted by Gasteiger charge is -2.36.